The number of amides is 1. The van der Waals surface area contributed by atoms with E-state index in [0.29, 0.717) is 17.9 Å². The van der Waals surface area contributed by atoms with Crippen LogP contribution < -0.4 is 10.5 Å². The van der Waals surface area contributed by atoms with Crippen molar-refractivity contribution in [3.8, 4) is 22.8 Å². The van der Waals surface area contributed by atoms with E-state index in [1.54, 1.807) is 17.2 Å². The molecule has 4 rings (SSSR count). The number of carbonyl (C=O) groups is 1. The van der Waals surface area contributed by atoms with Crippen LogP contribution in [0.5, 0.6) is 0 Å². The molecule has 0 aliphatic heterocycles. The number of nitrogens with zero attached hydrogens (tertiary/aromatic N) is 4. The molecular weight excluding hydrogens is 472 g/mol. The minimum Gasteiger partial charge on any atom is -0.334 e. The fourth-order valence-corrected chi connectivity index (χ4v) is 3.80. The van der Waals surface area contributed by atoms with Gasteiger partial charge in [0.2, 0.25) is 11.7 Å². The first-order chi connectivity index (χ1) is 15.4. The number of carbonyl (C=O) groups excluding carboxylic acids is 1. The normalized spacial score (nSPS) is 10.8. The van der Waals surface area contributed by atoms with Crippen molar-refractivity contribution in [2.24, 2.45) is 0 Å². The third-order valence-electron chi connectivity index (χ3n) is 4.98. The number of hydrogen-bond donors (Lipinski definition) is 0. The molecule has 0 saturated heterocycles. The van der Waals surface area contributed by atoms with E-state index in [0.717, 1.165) is 21.3 Å². The van der Waals surface area contributed by atoms with Gasteiger partial charge in [-0.25, -0.2) is 0 Å². The molecule has 0 atom stereocenters. The summed E-state index contributed by atoms with van der Waals surface area (Å²) in [7, 11) is 0. The molecule has 0 aliphatic carbocycles. The first-order valence-corrected chi connectivity index (χ1v) is 10.9. The summed E-state index contributed by atoms with van der Waals surface area (Å²) in [6.45, 7) is 4.28. The van der Waals surface area contributed by atoms with E-state index in [2.05, 4.69) is 26.1 Å². The summed E-state index contributed by atoms with van der Waals surface area (Å²) >= 11 is 3.43. The van der Waals surface area contributed by atoms with E-state index in [1.165, 1.54) is 10.6 Å². The van der Waals surface area contributed by atoms with Gasteiger partial charge in [-0.05, 0) is 49.7 Å². The van der Waals surface area contributed by atoms with Crippen molar-refractivity contribution in [1.29, 1.82) is 0 Å². The Bertz CT molecular complexity index is 1330. The van der Waals surface area contributed by atoms with E-state index in [-0.39, 0.29) is 23.9 Å². The lowest BCUT2D eigenvalue weighted by Crippen LogP contribution is -2.36. The molecule has 2 aromatic heterocycles. The van der Waals surface area contributed by atoms with Crippen molar-refractivity contribution in [3.63, 3.8) is 0 Å². The minimum absolute atomic E-state index is 0.0961. The third kappa shape index (κ3) is 4.70. The van der Waals surface area contributed by atoms with Crippen LogP contribution in [-0.4, -0.2) is 27.2 Å². The van der Waals surface area contributed by atoms with Crippen LogP contribution in [0.1, 0.15) is 12.5 Å². The summed E-state index contributed by atoms with van der Waals surface area (Å²) in [5, 5.41) is 4.04. The van der Waals surface area contributed by atoms with Crippen LogP contribution in [0.15, 0.2) is 80.7 Å². The summed E-state index contributed by atoms with van der Waals surface area (Å²) in [6.07, 6.45) is 1.57. The van der Waals surface area contributed by atoms with Crippen LogP contribution in [0.2, 0.25) is 0 Å². The number of hydrogen-bond acceptors (Lipinski definition) is 5. The highest BCUT2D eigenvalue weighted by Crippen LogP contribution is 2.24. The second kappa shape index (κ2) is 9.32. The number of halogens is 1. The highest BCUT2D eigenvalue weighted by atomic mass is 79.9. The van der Waals surface area contributed by atoms with Crippen LogP contribution in [0, 0.1) is 6.92 Å². The van der Waals surface area contributed by atoms with Gasteiger partial charge < -0.3 is 14.0 Å². The average molecular weight is 493 g/mol. The summed E-state index contributed by atoms with van der Waals surface area (Å²) in [5.41, 5.74) is 2.94. The zero-order valence-corrected chi connectivity index (χ0v) is 19.2. The molecule has 4 aromatic rings. The van der Waals surface area contributed by atoms with Gasteiger partial charge in [-0.15, -0.1) is 0 Å². The zero-order chi connectivity index (χ0) is 22.7. The molecule has 0 unspecified atom stereocenters. The van der Waals surface area contributed by atoms with Gasteiger partial charge in [0.25, 0.3) is 11.4 Å². The maximum atomic E-state index is 13.0. The van der Waals surface area contributed by atoms with Crippen LogP contribution >= 0.6 is 15.9 Å². The van der Waals surface area contributed by atoms with E-state index in [1.807, 2.05) is 62.4 Å². The van der Waals surface area contributed by atoms with E-state index >= 15 is 0 Å². The Kier molecular flexibility index (Phi) is 6.32. The van der Waals surface area contributed by atoms with Gasteiger partial charge in [-0.3, -0.25) is 9.59 Å². The number of anilines is 1. The number of rotatable bonds is 6. The molecule has 32 heavy (non-hydrogen) atoms. The fraction of sp³-hybridized carbons (Fsp3) is 0.167. The molecule has 0 saturated carbocycles. The van der Waals surface area contributed by atoms with Gasteiger partial charge in [-0.1, -0.05) is 45.4 Å². The van der Waals surface area contributed by atoms with Gasteiger partial charge in [0.15, 0.2) is 0 Å². The smallest absolute Gasteiger partial charge is 0.259 e. The lowest BCUT2D eigenvalue weighted by Gasteiger charge is -2.22. The standard InChI is InChI=1S/C24H21BrN4O3/c1-3-29(20-9-4-6-16(2)12-20)22(31)15-28-14-18(10-11-21(28)30)24-26-23(27-32-24)17-7-5-8-19(25)13-17/h4-14H,3,15H2,1-2H3. The monoisotopic (exact) mass is 492 g/mol. The number of aromatic nitrogens is 3. The summed E-state index contributed by atoms with van der Waals surface area (Å²) in [5.74, 6) is 0.525. The molecule has 0 aliphatic rings. The van der Waals surface area contributed by atoms with E-state index < -0.39 is 0 Å². The van der Waals surface area contributed by atoms with Crippen molar-refractivity contribution >= 4 is 27.5 Å². The predicted octanol–water partition coefficient (Wildman–Crippen LogP) is 4.69. The Balaban J connectivity index is 1.59. The van der Waals surface area contributed by atoms with Crippen molar-refractivity contribution in [2.45, 2.75) is 20.4 Å². The lowest BCUT2D eigenvalue weighted by molar-refractivity contribution is -0.119. The first kappa shape index (κ1) is 21.7. The molecule has 0 spiro atoms. The van der Waals surface area contributed by atoms with Gasteiger partial charge in [0, 0.05) is 34.5 Å². The number of aryl methyl sites for hydroxylation is 1. The van der Waals surface area contributed by atoms with Crippen LogP contribution in [0.3, 0.4) is 0 Å². The SMILES string of the molecule is CCN(C(=O)Cn1cc(-c2nc(-c3cccc(Br)c3)no2)ccc1=O)c1cccc(C)c1. The molecule has 162 valence electrons. The molecule has 0 N–H and O–H groups in total. The summed E-state index contributed by atoms with van der Waals surface area (Å²) in [6, 6.07) is 18.3. The minimum atomic E-state index is -0.283. The fourth-order valence-electron chi connectivity index (χ4n) is 3.40. The van der Waals surface area contributed by atoms with E-state index in [9.17, 15) is 9.59 Å². The molecule has 0 fully saturated rings. The van der Waals surface area contributed by atoms with Crippen LogP contribution in [0.4, 0.5) is 5.69 Å². The average Bonchev–Trinajstić information content (AvgIpc) is 3.26. The highest BCUT2D eigenvalue weighted by molar-refractivity contribution is 9.10. The molecule has 2 aromatic carbocycles. The van der Waals surface area contributed by atoms with Crippen molar-refractivity contribution < 1.29 is 9.32 Å². The molecule has 0 bridgehead atoms. The topological polar surface area (TPSA) is 81.2 Å². The van der Waals surface area contributed by atoms with Gasteiger partial charge in [-0.2, -0.15) is 4.98 Å². The Labute approximate surface area is 193 Å². The Morgan fingerprint density at radius 3 is 2.66 bits per heavy atom. The lowest BCUT2D eigenvalue weighted by atomic mass is 10.2. The Hall–Kier alpha value is -3.52. The van der Waals surface area contributed by atoms with E-state index in [4.69, 9.17) is 4.52 Å². The zero-order valence-electron chi connectivity index (χ0n) is 17.7. The van der Waals surface area contributed by atoms with Crippen molar-refractivity contribution in [2.75, 3.05) is 11.4 Å². The summed E-state index contributed by atoms with van der Waals surface area (Å²) < 4.78 is 7.67. The van der Waals surface area contributed by atoms with Gasteiger partial charge in [0.1, 0.15) is 6.54 Å². The van der Waals surface area contributed by atoms with Crippen LogP contribution in [0.25, 0.3) is 22.8 Å². The quantitative estimate of drug-likeness (QED) is 0.389. The number of likely N-dealkylation sites (N-methyl/N-ethyl adjacent to an activating group) is 1. The highest BCUT2D eigenvalue weighted by Gasteiger charge is 2.17. The maximum Gasteiger partial charge on any atom is 0.259 e. The third-order valence-corrected chi connectivity index (χ3v) is 5.47. The first-order valence-electron chi connectivity index (χ1n) is 10.1. The maximum absolute atomic E-state index is 13.0. The molecule has 2 heterocycles. The Morgan fingerprint density at radius 2 is 1.91 bits per heavy atom. The molecule has 0 radical (unpaired) electrons. The largest absolute Gasteiger partial charge is 0.334 e. The van der Waals surface area contributed by atoms with Crippen molar-refractivity contribution in [1.82, 2.24) is 14.7 Å². The number of pyridine rings is 1. The summed E-state index contributed by atoms with van der Waals surface area (Å²) in [4.78, 5) is 31.5. The molecule has 8 heteroatoms. The Morgan fingerprint density at radius 1 is 1.09 bits per heavy atom. The second-order valence-electron chi connectivity index (χ2n) is 7.29. The van der Waals surface area contributed by atoms with Crippen molar-refractivity contribution in [3.05, 3.63) is 87.3 Å². The predicted molar refractivity (Wildman–Crippen MR) is 126 cm³/mol. The second-order valence-corrected chi connectivity index (χ2v) is 8.21. The van der Waals surface area contributed by atoms with Crippen LogP contribution in [-0.2, 0) is 11.3 Å². The van der Waals surface area contributed by atoms with Gasteiger partial charge in [0.05, 0.1) is 5.56 Å². The molecular formula is C24H21BrN4O3. The van der Waals surface area contributed by atoms with Gasteiger partial charge >= 0.3 is 0 Å². The number of benzene rings is 2. The molecule has 7 nitrogen and oxygen atoms in total. The molecule has 1 amide bonds.